The summed E-state index contributed by atoms with van der Waals surface area (Å²) in [5.41, 5.74) is 0.589. The molecule has 0 saturated carbocycles. The van der Waals surface area contributed by atoms with Crippen molar-refractivity contribution in [2.75, 3.05) is 13.1 Å². The van der Waals surface area contributed by atoms with Crippen LogP contribution in [0.3, 0.4) is 0 Å². The minimum Gasteiger partial charge on any atom is -0.354 e. The fourth-order valence-corrected chi connectivity index (χ4v) is 4.47. The van der Waals surface area contributed by atoms with Crippen LogP contribution in [0.2, 0.25) is 0 Å². The summed E-state index contributed by atoms with van der Waals surface area (Å²) >= 11 is 0. The lowest BCUT2D eigenvalue weighted by atomic mass is 10.1. The van der Waals surface area contributed by atoms with Crippen molar-refractivity contribution in [2.24, 2.45) is 0 Å². The Balaban J connectivity index is 0.00000840. The predicted molar refractivity (Wildman–Crippen MR) is 174 cm³/mol. The van der Waals surface area contributed by atoms with Gasteiger partial charge in [0.2, 0.25) is 11.8 Å². The van der Waals surface area contributed by atoms with E-state index in [4.69, 9.17) is 0 Å². The number of hydrogen-bond donors (Lipinski definition) is 1. The summed E-state index contributed by atoms with van der Waals surface area (Å²) in [7, 11) is 0. The number of Topliss-reactive ketones (excluding diaryl/α,β-unsaturated/α-hetero) is 1. The van der Waals surface area contributed by atoms with Gasteiger partial charge in [0.1, 0.15) is 6.04 Å². The van der Waals surface area contributed by atoms with Crippen molar-refractivity contribution < 1.29 is 14.4 Å². The third-order valence-corrected chi connectivity index (χ3v) is 6.66. The fraction of sp³-hybridized carbons (Fsp3) is 0.471. The summed E-state index contributed by atoms with van der Waals surface area (Å²) in [4.78, 5) is 43.3. The maximum atomic E-state index is 12.7. The zero-order valence-corrected chi connectivity index (χ0v) is 25.7. The van der Waals surface area contributed by atoms with E-state index in [2.05, 4.69) is 78.0 Å². The average molecular weight is 580 g/mol. The van der Waals surface area contributed by atoms with Crippen molar-refractivity contribution >= 4 is 31.1 Å². The lowest BCUT2D eigenvalue weighted by molar-refractivity contribution is -0.138. The molecule has 1 atom stereocenters. The van der Waals surface area contributed by atoms with Gasteiger partial charge in [-0.1, -0.05) is 67.7 Å². The average Bonchev–Trinajstić information content (AvgIpc) is 3.47. The summed E-state index contributed by atoms with van der Waals surface area (Å²) in [6, 6.07) is 3.09. The first-order chi connectivity index (χ1) is 19.6. The molecule has 1 aromatic heterocycles. The molecule has 6 nitrogen and oxygen atoms in total. The second kappa shape index (κ2) is 23.5. The summed E-state index contributed by atoms with van der Waals surface area (Å²) < 4.78 is 0. The minimum atomic E-state index is -0.393. The molecule has 1 saturated heterocycles. The van der Waals surface area contributed by atoms with Crippen LogP contribution in [-0.2, 0) is 9.59 Å². The highest BCUT2D eigenvalue weighted by Gasteiger charge is 2.33. The highest BCUT2D eigenvalue weighted by molar-refractivity contribution is 7.59. The van der Waals surface area contributed by atoms with Crippen LogP contribution in [0.4, 0.5) is 0 Å². The molecule has 1 aliphatic heterocycles. The molecule has 2 heterocycles. The van der Waals surface area contributed by atoms with E-state index in [1.54, 1.807) is 29.4 Å². The Labute approximate surface area is 254 Å². The van der Waals surface area contributed by atoms with Crippen LogP contribution in [0, 0.1) is 0 Å². The van der Waals surface area contributed by atoms with Gasteiger partial charge in [0.05, 0.1) is 0 Å². The van der Waals surface area contributed by atoms with Crippen molar-refractivity contribution in [3.63, 3.8) is 0 Å². The van der Waals surface area contributed by atoms with E-state index >= 15 is 0 Å². The van der Waals surface area contributed by atoms with Crippen LogP contribution in [0.25, 0.3) is 0 Å². The molecular weight excluding hydrogens is 530 g/mol. The molecule has 1 fully saturated rings. The predicted octanol–water partition coefficient (Wildman–Crippen LogP) is 7.19. The second-order valence-corrected chi connectivity index (χ2v) is 9.90. The lowest BCUT2D eigenvalue weighted by Gasteiger charge is -2.24. The second-order valence-electron chi connectivity index (χ2n) is 9.90. The van der Waals surface area contributed by atoms with E-state index in [0.717, 1.165) is 51.4 Å². The number of carbonyl (C=O) groups excluding carboxylic acids is 3. The minimum absolute atomic E-state index is 0. The molecule has 2 amide bonds. The van der Waals surface area contributed by atoms with Crippen LogP contribution in [0.1, 0.15) is 94.3 Å². The topological polar surface area (TPSA) is 79.4 Å². The number of ketones is 1. The molecule has 1 aromatic rings. The number of unbranched alkanes of at least 4 members (excludes halogenated alkanes) is 1. The number of aromatic nitrogens is 1. The van der Waals surface area contributed by atoms with Crippen molar-refractivity contribution in [1.29, 1.82) is 0 Å². The van der Waals surface area contributed by atoms with Crippen molar-refractivity contribution in [3.8, 4) is 0 Å². The number of nitrogens with zero attached hydrogens (tertiary/aromatic N) is 2. The number of nitrogens with one attached hydrogen (secondary N) is 1. The summed E-state index contributed by atoms with van der Waals surface area (Å²) in [5, 5.41) is 2.91. The molecule has 41 heavy (non-hydrogen) atoms. The Morgan fingerprint density at radius 3 is 2.15 bits per heavy atom. The van der Waals surface area contributed by atoms with Gasteiger partial charge in [-0.25, -0.2) is 0 Å². The molecule has 0 aromatic carbocycles. The first-order valence-electron chi connectivity index (χ1n) is 14.9. The first kappa shape index (κ1) is 35.8. The molecule has 0 unspecified atom stereocenters. The van der Waals surface area contributed by atoms with Gasteiger partial charge in [0.25, 0.3) is 0 Å². The smallest absolute Gasteiger partial charge is 0.242 e. The Hall–Kier alpha value is -3.19. The van der Waals surface area contributed by atoms with Crippen molar-refractivity contribution in [2.45, 2.75) is 90.0 Å². The Morgan fingerprint density at radius 2 is 1.54 bits per heavy atom. The summed E-state index contributed by atoms with van der Waals surface area (Å²) in [5.74, 6) is -0.0400. The van der Waals surface area contributed by atoms with E-state index < -0.39 is 6.04 Å². The third-order valence-electron chi connectivity index (χ3n) is 6.66. The largest absolute Gasteiger partial charge is 0.354 e. The highest BCUT2D eigenvalue weighted by Crippen LogP contribution is 2.19. The number of pyridine rings is 1. The van der Waals surface area contributed by atoms with Gasteiger partial charge in [-0.3, -0.25) is 19.4 Å². The highest BCUT2D eigenvalue weighted by atomic mass is 32.1. The van der Waals surface area contributed by atoms with E-state index in [9.17, 15) is 14.4 Å². The molecule has 0 bridgehead atoms. The van der Waals surface area contributed by atoms with Crippen molar-refractivity contribution in [1.82, 2.24) is 15.2 Å². The number of hydrogen-bond acceptors (Lipinski definition) is 4. The lowest BCUT2D eigenvalue weighted by Crippen LogP contribution is -2.46. The van der Waals surface area contributed by atoms with Crippen LogP contribution in [-0.4, -0.2) is 46.6 Å². The molecule has 0 spiro atoms. The number of amides is 2. The van der Waals surface area contributed by atoms with Crippen LogP contribution in [0.5, 0.6) is 0 Å². The van der Waals surface area contributed by atoms with E-state index in [0.29, 0.717) is 44.3 Å². The van der Waals surface area contributed by atoms with E-state index in [1.807, 2.05) is 0 Å². The number of allylic oxidation sites excluding steroid dienone is 10. The number of likely N-dealkylation sites (tertiary alicyclic amines) is 1. The SMILES string of the molecule is CC/C=C\C/C=C\C/C=C\C/C=C\C/C=C\CCCC(=O)N1CCC[C@H]1C(=O)NCCCC(=O)c1cccnc1.S. The van der Waals surface area contributed by atoms with Gasteiger partial charge in [-0.2, -0.15) is 13.5 Å². The van der Waals surface area contributed by atoms with E-state index in [1.165, 1.54) is 0 Å². The van der Waals surface area contributed by atoms with Crippen LogP contribution < -0.4 is 5.32 Å². The Bertz CT molecular complexity index is 1030. The van der Waals surface area contributed by atoms with Crippen LogP contribution >= 0.6 is 13.5 Å². The number of carbonyl (C=O) groups is 3. The zero-order valence-electron chi connectivity index (χ0n) is 24.7. The maximum absolute atomic E-state index is 12.7. The van der Waals surface area contributed by atoms with Gasteiger partial charge in [0, 0.05) is 43.9 Å². The first-order valence-corrected chi connectivity index (χ1v) is 14.9. The maximum Gasteiger partial charge on any atom is 0.242 e. The molecule has 1 N–H and O–H groups in total. The normalized spacial score (nSPS) is 15.5. The molecule has 7 heteroatoms. The van der Waals surface area contributed by atoms with Gasteiger partial charge in [0.15, 0.2) is 5.78 Å². The zero-order chi connectivity index (χ0) is 28.7. The number of rotatable bonds is 19. The van der Waals surface area contributed by atoms with Gasteiger partial charge >= 0.3 is 0 Å². The molecule has 224 valence electrons. The molecule has 2 rings (SSSR count). The third kappa shape index (κ3) is 16.0. The monoisotopic (exact) mass is 579 g/mol. The standard InChI is InChI=1S/C34H47N3O3.H2S/c1-2-3-4-5-6-7-8-9-10-11-12-13-14-15-16-17-18-25-33(39)37-28-21-23-31(37)34(40)36-27-20-24-32(38)30-22-19-26-35-29-30;/h3-4,6-7,9-10,12-13,15-16,19,22,26,29,31H,2,5,8,11,14,17-18,20-21,23-25,27-28H2,1H3,(H,36,40);1H2/b4-3-,7-6-,10-9-,13-12-,16-15-;/t31-;/m0./s1. The quantitative estimate of drug-likeness (QED) is 0.107. The summed E-state index contributed by atoms with van der Waals surface area (Å²) in [6.07, 6.45) is 34.5. The Kier molecular flexibility index (Phi) is 20.5. The van der Waals surface area contributed by atoms with Gasteiger partial charge in [-0.05, 0) is 76.3 Å². The molecule has 1 aliphatic rings. The molecule has 0 aliphatic carbocycles. The van der Waals surface area contributed by atoms with E-state index in [-0.39, 0.29) is 31.1 Å². The summed E-state index contributed by atoms with van der Waals surface area (Å²) in [6.45, 7) is 3.21. The molecule has 0 radical (unpaired) electrons. The van der Waals surface area contributed by atoms with Gasteiger partial charge < -0.3 is 10.2 Å². The Morgan fingerprint density at radius 1 is 0.902 bits per heavy atom. The van der Waals surface area contributed by atoms with Crippen molar-refractivity contribution in [3.05, 3.63) is 90.9 Å². The molecular formula is C34H49N3O3S. The van der Waals surface area contributed by atoms with Gasteiger partial charge in [-0.15, -0.1) is 0 Å². The van der Waals surface area contributed by atoms with Crippen LogP contribution in [0.15, 0.2) is 85.3 Å². The fourth-order valence-electron chi connectivity index (χ4n) is 4.47.